The highest BCUT2D eigenvalue weighted by molar-refractivity contribution is 5.97. The van der Waals surface area contributed by atoms with Crippen LogP contribution in [-0.2, 0) is 0 Å². The van der Waals surface area contributed by atoms with Crippen LogP contribution in [0.3, 0.4) is 0 Å². The molecule has 1 aromatic rings. The van der Waals surface area contributed by atoms with E-state index in [1.54, 1.807) is 11.9 Å². The largest absolute Gasteiger partial charge is 0.396 e. The summed E-state index contributed by atoms with van der Waals surface area (Å²) in [4.78, 5) is 13.4. The number of nitrogens with two attached hydrogens (primary N) is 1. The first-order chi connectivity index (χ1) is 6.20. The molecule has 13 heavy (non-hydrogen) atoms. The number of carbonyl (C=O) groups is 1. The van der Waals surface area contributed by atoms with Crippen molar-refractivity contribution in [2.75, 3.05) is 12.8 Å². The number of carbonyl (C=O) groups excluding carboxylic acids is 1. The summed E-state index contributed by atoms with van der Waals surface area (Å²) in [6.45, 7) is 0. The van der Waals surface area contributed by atoms with Gasteiger partial charge in [-0.3, -0.25) is 9.89 Å². The van der Waals surface area contributed by atoms with Gasteiger partial charge >= 0.3 is 0 Å². The van der Waals surface area contributed by atoms with Gasteiger partial charge in [0.2, 0.25) is 0 Å². The Balaban J connectivity index is 2.16. The molecule has 0 saturated heterocycles. The van der Waals surface area contributed by atoms with Crippen molar-refractivity contribution >= 4 is 11.6 Å². The van der Waals surface area contributed by atoms with Crippen LogP contribution >= 0.6 is 0 Å². The average Bonchev–Trinajstić information content (AvgIpc) is 2.87. The van der Waals surface area contributed by atoms with Crippen LogP contribution in [0.2, 0.25) is 0 Å². The highest BCUT2D eigenvalue weighted by Crippen LogP contribution is 2.26. The molecule has 1 fully saturated rings. The molecule has 3 N–H and O–H groups in total. The molecule has 1 heterocycles. The Hall–Kier alpha value is -1.52. The summed E-state index contributed by atoms with van der Waals surface area (Å²) in [6.07, 6.45) is 3.64. The van der Waals surface area contributed by atoms with Crippen molar-refractivity contribution < 1.29 is 4.79 Å². The standard InChI is InChI=1S/C8H12N4O/c1-12(5-2-3-5)8(13)7-6(9)4-10-11-7/h4-5H,2-3,9H2,1H3,(H,10,11). The molecule has 0 unspecified atom stereocenters. The number of H-pyrrole nitrogens is 1. The van der Waals surface area contributed by atoms with Crippen LogP contribution < -0.4 is 5.73 Å². The first-order valence-electron chi connectivity index (χ1n) is 4.26. The number of amides is 1. The van der Waals surface area contributed by atoms with Gasteiger partial charge in [0.15, 0.2) is 0 Å². The van der Waals surface area contributed by atoms with Gasteiger partial charge in [-0.2, -0.15) is 5.10 Å². The molecule has 2 rings (SSSR count). The summed E-state index contributed by atoms with van der Waals surface area (Å²) < 4.78 is 0. The number of nitrogens with one attached hydrogen (secondary N) is 1. The number of nitrogen functional groups attached to an aromatic ring is 1. The van der Waals surface area contributed by atoms with Gasteiger partial charge in [0, 0.05) is 13.1 Å². The molecule has 0 spiro atoms. The van der Waals surface area contributed by atoms with E-state index >= 15 is 0 Å². The molecule has 70 valence electrons. The van der Waals surface area contributed by atoms with Crippen molar-refractivity contribution in [1.29, 1.82) is 0 Å². The number of aromatic amines is 1. The quantitative estimate of drug-likeness (QED) is 0.684. The van der Waals surface area contributed by atoms with Crippen LogP contribution in [0.5, 0.6) is 0 Å². The van der Waals surface area contributed by atoms with Crippen molar-refractivity contribution in [2.24, 2.45) is 0 Å². The minimum atomic E-state index is -0.0718. The fraction of sp³-hybridized carbons (Fsp3) is 0.500. The Morgan fingerprint density at radius 3 is 2.92 bits per heavy atom. The molecule has 0 radical (unpaired) electrons. The maximum atomic E-state index is 11.7. The van der Waals surface area contributed by atoms with E-state index in [1.165, 1.54) is 6.20 Å². The first-order valence-corrected chi connectivity index (χ1v) is 4.26. The summed E-state index contributed by atoms with van der Waals surface area (Å²) in [5.41, 5.74) is 6.37. The van der Waals surface area contributed by atoms with E-state index in [2.05, 4.69) is 10.2 Å². The molecular weight excluding hydrogens is 168 g/mol. The van der Waals surface area contributed by atoms with Crippen LogP contribution in [0.1, 0.15) is 23.3 Å². The van der Waals surface area contributed by atoms with Gasteiger partial charge in [-0.05, 0) is 12.8 Å². The van der Waals surface area contributed by atoms with E-state index in [1.807, 2.05) is 0 Å². The van der Waals surface area contributed by atoms with Gasteiger partial charge in [0.1, 0.15) is 5.69 Å². The highest BCUT2D eigenvalue weighted by atomic mass is 16.2. The SMILES string of the molecule is CN(C(=O)c1[nH]ncc1N)C1CC1. The fourth-order valence-electron chi connectivity index (χ4n) is 1.27. The molecule has 5 heteroatoms. The van der Waals surface area contributed by atoms with Gasteiger partial charge in [-0.25, -0.2) is 0 Å². The summed E-state index contributed by atoms with van der Waals surface area (Å²) >= 11 is 0. The van der Waals surface area contributed by atoms with E-state index in [9.17, 15) is 4.79 Å². The minimum absolute atomic E-state index is 0.0718. The van der Waals surface area contributed by atoms with E-state index in [0.29, 0.717) is 17.4 Å². The van der Waals surface area contributed by atoms with Gasteiger partial charge in [-0.1, -0.05) is 0 Å². The topological polar surface area (TPSA) is 75.0 Å². The van der Waals surface area contributed by atoms with Crippen LogP contribution in [-0.4, -0.2) is 34.1 Å². The van der Waals surface area contributed by atoms with Crippen LogP contribution in [0.4, 0.5) is 5.69 Å². The van der Waals surface area contributed by atoms with Gasteiger partial charge in [0.25, 0.3) is 5.91 Å². The van der Waals surface area contributed by atoms with Crippen molar-refractivity contribution in [1.82, 2.24) is 15.1 Å². The van der Waals surface area contributed by atoms with Crippen molar-refractivity contribution in [3.8, 4) is 0 Å². The Morgan fingerprint density at radius 2 is 2.46 bits per heavy atom. The lowest BCUT2D eigenvalue weighted by molar-refractivity contribution is 0.0780. The Morgan fingerprint density at radius 1 is 1.77 bits per heavy atom. The van der Waals surface area contributed by atoms with E-state index in [-0.39, 0.29) is 5.91 Å². The molecule has 1 amide bonds. The maximum Gasteiger partial charge on any atom is 0.274 e. The third kappa shape index (κ3) is 1.37. The zero-order valence-corrected chi connectivity index (χ0v) is 7.45. The Labute approximate surface area is 75.9 Å². The van der Waals surface area contributed by atoms with Crippen LogP contribution in [0, 0.1) is 0 Å². The number of anilines is 1. The predicted octanol–water partition coefficient (Wildman–Crippen LogP) is 0.226. The summed E-state index contributed by atoms with van der Waals surface area (Å²) in [7, 11) is 1.79. The molecule has 0 aliphatic heterocycles. The second-order valence-electron chi connectivity index (χ2n) is 3.35. The lowest BCUT2D eigenvalue weighted by atomic mass is 10.3. The number of hydrogen-bond donors (Lipinski definition) is 2. The first kappa shape index (κ1) is 8.10. The zero-order valence-electron chi connectivity index (χ0n) is 7.45. The normalized spacial score (nSPS) is 15.8. The number of nitrogens with zero attached hydrogens (tertiary/aromatic N) is 2. The molecule has 1 aliphatic carbocycles. The third-order valence-corrected chi connectivity index (χ3v) is 2.30. The van der Waals surface area contributed by atoms with Gasteiger partial charge in [0.05, 0.1) is 11.9 Å². The minimum Gasteiger partial charge on any atom is -0.396 e. The van der Waals surface area contributed by atoms with E-state index in [4.69, 9.17) is 5.73 Å². The molecule has 0 aromatic carbocycles. The molecule has 1 aromatic heterocycles. The number of rotatable bonds is 2. The lowest BCUT2D eigenvalue weighted by Crippen LogP contribution is -2.29. The number of hydrogen-bond acceptors (Lipinski definition) is 3. The smallest absolute Gasteiger partial charge is 0.274 e. The summed E-state index contributed by atoms with van der Waals surface area (Å²) in [5.74, 6) is -0.0718. The average molecular weight is 180 g/mol. The summed E-state index contributed by atoms with van der Waals surface area (Å²) in [5, 5.41) is 6.31. The van der Waals surface area contributed by atoms with Gasteiger partial charge in [-0.15, -0.1) is 0 Å². The molecule has 1 saturated carbocycles. The Kier molecular flexibility index (Phi) is 1.72. The van der Waals surface area contributed by atoms with Gasteiger partial charge < -0.3 is 10.6 Å². The second-order valence-corrected chi connectivity index (χ2v) is 3.35. The van der Waals surface area contributed by atoms with Crippen molar-refractivity contribution in [3.05, 3.63) is 11.9 Å². The van der Waals surface area contributed by atoms with Crippen LogP contribution in [0.15, 0.2) is 6.20 Å². The fourth-order valence-corrected chi connectivity index (χ4v) is 1.27. The maximum absolute atomic E-state index is 11.7. The molecular formula is C8H12N4O. The molecule has 1 aliphatic rings. The predicted molar refractivity (Wildman–Crippen MR) is 48.1 cm³/mol. The lowest BCUT2D eigenvalue weighted by Gasteiger charge is -2.14. The summed E-state index contributed by atoms with van der Waals surface area (Å²) in [6, 6.07) is 0.398. The Bertz CT molecular complexity index is 329. The monoisotopic (exact) mass is 180 g/mol. The van der Waals surface area contributed by atoms with Crippen LogP contribution in [0.25, 0.3) is 0 Å². The molecule has 0 atom stereocenters. The van der Waals surface area contributed by atoms with E-state index < -0.39 is 0 Å². The van der Waals surface area contributed by atoms with Crippen molar-refractivity contribution in [3.63, 3.8) is 0 Å². The second kappa shape index (κ2) is 2.76. The highest BCUT2D eigenvalue weighted by Gasteiger charge is 2.31. The van der Waals surface area contributed by atoms with E-state index in [0.717, 1.165) is 12.8 Å². The third-order valence-electron chi connectivity index (χ3n) is 2.30. The molecule has 5 nitrogen and oxygen atoms in total. The number of aromatic nitrogens is 2. The zero-order chi connectivity index (χ0) is 9.42. The molecule has 0 bridgehead atoms. The van der Waals surface area contributed by atoms with Crippen molar-refractivity contribution in [2.45, 2.75) is 18.9 Å².